The van der Waals surface area contributed by atoms with Gasteiger partial charge in [0.15, 0.2) is 0 Å². The first-order valence-corrected chi connectivity index (χ1v) is 6.28. The van der Waals surface area contributed by atoms with Gasteiger partial charge in [0, 0.05) is 18.7 Å². The number of carboxylic acids is 1. The molecule has 0 saturated heterocycles. The molecule has 0 aliphatic heterocycles. The van der Waals surface area contributed by atoms with E-state index in [0.717, 1.165) is 12.8 Å². The quantitative estimate of drug-likeness (QED) is 0.800. The van der Waals surface area contributed by atoms with Gasteiger partial charge in [-0.15, -0.1) is 0 Å². The molecule has 0 aliphatic rings. The summed E-state index contributed by atoms with van der Waals surface area (Å²) in [5.74, 6) is -1.31. The van der Waals surface area contributed by atoms with Crippen LogP contribution in [0.2, 0.25) is 0 Å². The number of aromatic carboxylic acids is 1. The maximum atomic E-state index is 12.2. The Bertz CT molecular complexity index is 486. The Morgan fingerprint density at radius 2 is 2.05 bits per heavy atom. The Labute approximate surface area is 113 Å². The van der Waals surface area contributed by atoms with Crippen LogP contribution < -0.4 is 10.6 Å². The molecule has 0 bridgehead atoms. The predicted molar refractivity (Wildman–Crippen MR) is 75.3 cm³/mol. The fraction of sp³-hybridized carbons (Fsp3) is 0.429. The van der Waals surface area contributed by atoms with Gasteiger partial charge >= 0.3 is 5.97 Å². The van der Waals surface area contributed by atoms with E-state index in [1.165, 1.54) is 11.0 Å². The molecule has 0 aliphatic carbocycles. The third-order valence-electron chi connectivity index (χ3n) is 3.09. The van der Waals surface area contributed by atoms with E-state index in [2.05, 4.69) is 0 Å². The first-order chi connectivity index (χ1) is 8.88. The maximum Gasteiger partial charge on any atom is 0.337 e. The first kappa shape index (κ1) is 15.0. The SMILES string of the molecule is CCCC(C)C(=O)N(C)c1ccc(N)cc1C(=O)O. The predicted octanol–water partition coefficient (Wildman–Crippen LogP) is 2.37. The van der Waals surface area contributed by atoms with Crippen molar-refractivity contribution in [3.05, 3.63) is 23.8 Å². The van der Waals surface area contributed by atoms with Crippen molar-refractivity contribution in [3.63, 3.8) is 0 Å². The molecule has 19 heavy (non-hydrogen) atoms. The average molecular weight is 264 g/mol. The lowest BCUT2D eigenvalue weighted by molar-refractivity contribution is -0.121. The number of carbonyl (C=O) groups excluding carboxylic acids is 1. The van der Waals surface area contributed by atoms with Crippen LogP contribution in [0.4, 0.5) is 11.4 Å². The molecule has 0 spiro atoms. The molecule has 1 atom stereocenters. The van der Waals surface area contributed by atoms with Crippen LogP contribution in [0.5, 0.6) is 0 Å². The summed E-state index contributed by atoms with van der Waals surface area (Å²) < 4.78 is 0. The van der Waals surface area contributed by atoms with Gasteiger partial charge in [0.25, 0.3) is 0 Å². The van der Waals surface area contributed by atoms with Crippen LogP contribution in [0.1, 0.15) is 37.0 Å². The number of amides is 1. The highest BCUT2D eigenvalue weighted by atomic mass is 16.4. The topological polar surface area (TPSA) is 83.6 Å². The van der Waals surface area contributed by atoms with Gasteiger partial charge < -0.3 is 15.7 Å². The number of hydrogen-bond acceptors (Lipinski definition) is 3. The molecule has 1 aromatic carbocycles. The smallest absolute Gasteiger partial charge is 0.337 e. The molecule has 1 unspecified atom stereocenters. The molecule has 1 aromatic rings. The van der Waals surface area contributed by atoms with Gasteiger partial charge in [0.1, 0.15) is 0 Å². The highest BCUT2D eigenvalue weighted by Gasteiger charge is 2.22. The maximum absolute atomic E-state index is 12.2. The van der Waals surface area contributed by atoms with Crippen molar-refractivity contribution in [3.8, 4) is 0 Å². The molecule has 5 heteroatoms. The van der Waals surface area contributed by atoms with Crippen molar-refractivity contribution >= 4 is 23.3 Å². The Kier molecular flexibility index (Phi) is 4.92. The Morgan fingerprint density at radius 1 is 1.42 bits per heavy atom. The molecule has 1 rings (SSSR count). The Hall–Kier alpha value is -2.04. The van der Waals surface area contributed by atoms with Crippen molar-refractivity contribution in [2.45, 2.75) is 26.7 Å². The zero-order valence-electron chi connectivity index (χ0n) is 11.5. The summed E-state index contributed by atoms with van der Waals surface area (Å²) in [6.07, 6.45) is 1.69. The molecule has 0 radical (unpaired) electrons. The lowest BCUT2D eigenvalue weighted by Gasteiger charge is -2.23. The van der Waals surface area contributed by atoms with Crippen LogP contribution >= 0.6 is 0 Å². The number of benzene rings is 1. The third-order valence-corrected chi connectivity index (χ3v) is 3.09. The van der Waals surface area contributed by atoms with E-state index in [9.17, 15) is 9.59 Å². The second-order valence-corrected chi connectivity index (χ2v) is 4.67. The minimum absolute atomic E-state index is 0.0412. The lowest BCUT2D eigenvalue weighted by atomic mass is 10.0. The van der Waals surface area contributed by atoms with Gasteiger partial charge in [-0.1, -0.05) is 20.3 Å². The van der Waals surface area contributed by atoms with E-state index in [4.69, 9.17) is 10.8 Å². The fourth-order valence-electron chi connectivity index (χ4n) is 2.02. The van der Waals surface area contributed by atoms with E-state index in [-0.39, 0.29) is 17.4 Å². The van der Waals surface area contributed by atoms with Crippen LogP contribution in [0.25, 0.3) is 0 Å². The first-order valence-electron chi connectivity index (χ1n) is 6.28. The number of nitrogen functional groups attached to an aromatic ring is 1. The summed E-state index contributed by atoms with van der Waals surface area (Å²) in [5, 5.41) is 9.17. The number of nitrogens with two attached hydrogens (primary N) is 1. The molecule has 0 fully saturated rings. The van der Waals surface area contributed by atoms with Crippen molar-refractivity contribution < 1.29 is 14.7 Å². The van der Waals surface area contributed by atoms with Crippen molar-refractivity contribution in [2.24, 2.45) is 5.92 Å². The standard InChI is InChI=1S/C14H20N2O3/c1-4-5-9(2)13(17)16(3)12-7-6-10(15)8-11(12)14(18)19/h6-9H,4-5,15H2,1-3H3,(H,18,19). The van der Waals surface area contributed by atoms with Gasteiger partial charge in [-0.3, -0.25) is 4.79 Å². The van der Waals surface area contributed by atoms with E-state index < -0.39 is 5.97 Å². The molecule has 0 heterocycles. The zero-order chi connectivity index (χ0) is 14.6. The van der Waals surface area contributed by atoms with Gasteiger partial charge in [-0.25, -0.2) is 4.79 Å². The second kappa shape index (κ2) is 6.22. The number of carboxylic acid groups (broad SMARTS) is 1. The van der Waals surface area contributed by atoms with Gasteiger partial charge in [-0.05, 0) is 24.6 Å². The normalized spacial score (nSPS) is 11.9. The average Bonchev–Trinajstić information content (AvgIpc) is 2.37. The molecule has 0 aromatic heterocycles. The summed E-state index contributed by atoms with van der Waals surface area (Å²) in [5.41, 5.74) is 6.36. The summed E-state index contributed by atoms with van der Waals surface area (Å²) in [6, 6.07) is 4.53. The molecule has 3 N–H and O–H groups in total. The summed E-state index contributed by atoms with van der Waals surface area (Å²) in [6.45, 7) is 3.86. The van der Waals surface area contributed by atoms with Gasteiger partial charge in [-0.2, -0.15) is 0 Å². The summed E-state index contributed by atoms with van der Waals surface area (Å²) in [4.78, 5) is 24.8. The van der Waals surface area contributed by atoms with Crippen LogP contribution in [-0.2, 0) is 4.79 Å². The minimum Gasteiger partial charge on any atom is -0.478 e. The lowest BCUT2D eigenvalue weighted by Crippen LogP contribution is -2.32. The third kappa shape index (κ3) is 3.47. The van der Waals surface area contributed by atoms with Gasteiger partial charge in [0.2, 0.25) is 5.91 Å². The van der Waals surface area contributed by atoms with Crippen LogP contribution in [-0.4, -0.2) is 24.0 Å². The number of anilines is 2. The minimum atomic E-state index is -1.09. The number of rotatable bonds is 5. The molecule has 5 nitrogen and oxygen atoms in total. The highest BCUT2D eigenvalue weighted by molar-refractivity contribution is 6.02. The zero-order valence-corrected chi connectivity index (χ0v) is 11.5. The Balaban J connectivity index is 3.08. The van der Waals surface area contributed by atoms with E-state index in [1.807, 2.05) is 13.8 Å². The van der Waals surface area contributed by atoms with Crippen LogP contribution in [0.3, 0.4) is 0 Å². The second-order valence-electron chi connectivity index (χ2n) is 4.67. The molecule has 0 saturated carbocycles. The highest BCUT2D eigenvalue weighted by Crippen LogP contribution is 2.24. The Morgan fingerprint density at radius 3 is 2.58 bits per heavy atom. The van der Waals surface area contributed by atoms with Crippen molar-refractivity contribution in [1.82, 2.24) is 0 Å². The summed E-state index contributed by atoms with van der Waals surface area (Å²) in [7, 11) is 1.59. The van der Waals surface area contributed by atoms with E-state index >= 15 is 0 Å². The van der Waals surface area contributed by atoms with E-state index in [0.29, 0.717) is 11.4 Å². The number of nitrogens with zero attached hydrogens (tertiary/aromatic N) is 1. The molecular weight excluding hydrogens is 244 g/mol. The number of hydrogen-bond donors (Lipinski definition) is 2. The molecule has 1 amide bonds. The summed E-state index contributed by atoms with van der Waals surface area (Å²) >= 11 is 0. The largest absolute Gasteiger partial charge is 0.478 e. The van der Waals surface area contributed by atoms with E-state index in [1.54, 1.807) is 19.2 Å². The van der Waals surface area contributed by atoms with Crippen LogP contribution in [0.15, 0.2) is 18.2 Å². The fourth-order valence-corrected chi connectivity index (χ4v) is 2.02. The van der Waals surface area contributed by atoms with Crippen LogP contribution in [0, 0.1) is 5.92 Å². The van der Waals surface area contributed by atoms with Gasteiger partial charge in [0.05, 0.1) is 11.3 Å². The number of carbonyl (C=O) groups is 2. The van der Waals surface area contributed by atoms with Crippen molar-refractivity contribution in [2.75, 3.05) is 17.7 Å². The molecule has 104 valence electrons. The van der Waals surface area contributed by atoms with Crippen molar-refractivity contribution in [1.29, 1.82) is 0 Å². The molecular formula is C14H20N2O3. The monoisotopic (exact) mass is 264 g/mol.